The number of aromatic nitrogens is 5. The molecule has 5 aliphatic heterocycles. The van der Waals surface area contributed by atoms with Crippen LogP contribution in [0.25, 0.3) is 22.1 Å². The van der Waals surface area contributed by atoms with Crippen LogP contribution in [-0.4, -0.2) is 98.3 Å². The van der Waals surface area contributed by atoms with Gasteiger partial charge in [-0.25, -0.2) is 23.7 Å². The number of pyridine rings is 1. The first kappa shape index (κ1) is 34.5. The van der Waals surface area contributed by atoms with Gasteiger partial charge in [-0.1, -0.05) is 0 Å². The van der Waals surface area contributed by atoms with Gasteiger partial charge in [0.25, 0.3) is 7.47 Å². The lowest BCUT2D eigenvalue weighted by atomic mass is 10.1. The topological polar surface area (TPSA) is 199 Å². The largest absolute Gasteiger partial charge is 0.346 e. The Bertz CT molecular complexity index is 2090. The summed E-state index contributed by atoms with van der Waals surface area (Å²) in [6, 6.07) is 1.63. The molecule has 0 aliphatic carbocycles. The van der Waals surface area contributed by atoms with Crippen molar-refractivity contribution in [2.45, 2.75) is 74.9 Å². The molecule has 0 spiro atoms. The maximum Gasteiger partial charge on any atom is 0.325 e. The number of hydrogen-bond donors (Lipinski definition) is 3. The van der Waals surface area contributed by atoms with Gasteiger partial charge in [-0.15, -0.1) is 0 Å². The van der Waals surface area contributed by atoms with Crippen molar-refractivity contribution in [3.05, 3.63) is 42.1 Å². The molecule has 2 radical (unpaired) electrons. The summed E-state index contributed by atoms with van der Waals surface area (Å²) in [4.78, 5) is 48.4. The molecule has 3 saturated heterocycles. The molecule has 4 aromatic rings. The van der Waals surface area contributed by atoms with Crippen molar-refractivity contribution in [3.8, 4) is 0 Å². The van der Waals surface area contributed by atoms with E-state index in [2.05, 4.69) is 25.6 Å². The van der Waals surface area contributed by atoms with Gasteiger partial charge in [0.15, 0.2) is 24.8 Å². The number of carbonyl (C=O) groups excluding carboxylic acids is 2. The van der Waals surface area contributed by atoms with Gasteiger partial charge in [0, 0.05) is 36.8 Å². The van der Waals surface area contributed by atoms with Crippen molar-refractivity contribution < 1.29 is 55.4 Å². The van der Waals surface area contributed by atoms with Gasteiger partial charge in [-0.2, -0.15) is 0 Å². The molecular formula is C29H28BF2N7O10P2S. The van der Waals surface area contributed by atoms with Crippen LogP contribution in [0.4, 0.5) is 20.3 Å². The fourth-order valence-corrected chi connectivity index (χ4v) is 9.82. The molecule has 0 bridgehead atoms. The summed E-state index contributed by atoms with van der Waals surface area (Å²) < 4.78 is 83.7. The Morgan fingerprint density at radius 2 is 1.44 bits per heavy atom. The first-order valence-electron chi connectivity index (χ1n) is 16.2. The Labute approximate surface area is 298 Å². The number of carbonyl (C=O) groups is 2. The Morgan fingerprint density at radius 3 is 2.13 bits per heavy atom. The van der Waals surface area contributed by atoms with Crippen LogP contribution >= 0.6 is 14.2 Å². The fourth-order valence-electron chi connectivity index (χ4n) is 7.37. The highest BCUT2D eigenvalue weighted by Gasteiger charge is 2.54. The van der Waals surface area contributed by atoms with E-state index in [1.54, 1.807) is 18.5 Å². The molecule has 4 unspecified atom stereocenters. The van der Waals surface area contributed by atoms with E-state index in [0.29, 0.717) is 40.5 Å². The smallest absolute Gasteiger partial charge is 0.325 e. The van der Waals surface area contributed by atoms with Crippen LogP contribution in [0.15, 0.2) is 31.0 Å². The van der Waals surface area contributed by atoms with Gasteiger partial charge >= 0.3 is 6.72 Å². The van der Waals surface area contributed by atoms with Crippen molar-refractivity contribution in [1.82, 2.24) is 24.1 Å². The van der Waals surface area contributed by atoms with Crippen molar-refractivity contribution in [2.75, 3.05) is 23.8 Å². The molecule has 0 aromatic carbocycles. The average Bonchev–Trinajstić information content (AvgIpc) is 3.76. The second-order valence-corrected chi connectivity index (χ2v) is 17.3. The molecule has 10 atom stereocenters. The standard InChI is InChI=1S/C29H28BF2N7O10P2S/c30-50(42)44-9-15-24(22(32)29(46-15)39-8-13-2-4-18(41)37-25-20(13)27(39)35-11-34-25)49-51(43,52)45-10-16-23(48-50)21(31)28(47-16)38-7-12-1-3-17(40)36-14-5-6-33-26(38)19(12)14/h5-8,11,15-16,21-24,28-29H,1-4,9-10H2,(H,36,40)(H,43,52)(H,34,35,37,41)/t15-,16-,21+,22?,23?,24+,28-,29-,50?,51?/m1/s1. The summed E-state index contributed by atoms with van der Waals surface area (Å²) in [7, 11) is 1.36. The zero-order valence-corrected chi connectivity index (χ0v) is 29.3. The molecule has 5 aliphatic rings. The predicted octanol–water partition coefficient (Wildman–Crippen LogP) is 3.03. The van der Waals surface area contributed by atoms with Gasteiger partial charge in [0.2, 0.25) is 19.4 Å². The highest BCUT2D eigenvalue weighted by atomic mass is 32.5. The molecular weight excluding hydrogens is 749 g/mol. The third kappa shape index (κ3) is 5.91. The van der Waals surface area contributed by atoms with Crippen LogP contribution in [0.5, 0.6) is 0 Å². The van der Waals surface area contributed by atoms with Gasteiger partial charge in [0.1, 0.15) is 47.9 Å². The molecule has 23 heteroatoms. The Balaban J connectivity index is 1.00. The number of ether oxygens (including phenoxy) is 2. The van der Waals surface area contributed by atoms with E-state index in [-0.39, 0.29) is 36.1 Å². The molecule has 9 heterocycles. The van der Waals surface area contributed by atoms with E-state index in [0.717, 1.165) is 5.56 Å². The molecule has 9 rings (SSSR count). The van der Waals surface area contributed by atoms with E-state index < -0.39 is 76.6 Å². The minimum absolute atomic E-state index is 0.158. The van der Waals surface area contributed by atoms with Gasteiger partial charge in [-0.05, 0) is 41.8 Å². The number of alkyl halides is 2. The second kappa shape index (κ2) is 12.7. The number of aryl methyl sites for hydroxylation is 2. The quantitative estimate of drug-likeness (QED) is 0.198. The van der Waals surface area contributed by atoms with Gasteiger partial charge in [-0.3, -0.25) is 18.7 Å². The minimum Gasteiger partial charge on any atom is -0.346 e. The summed E-state index contributed by atoms with van der Waals surface area (Å²) in [5.41, 5.74) is 2.46. The summed E-state index contributed by atoms with van der Waals surface area (Å²) in [5, 5.41) is 6.64. The van der Waals surface area contributed by atoms with Crippen LogP contribution < -0.4 is 10.6 Å². The normalized spacial score (nSPS) is 36.6. The maximum absolute atomic E-state index is 16.4. The summed E-state index contributed by atoms with van der Waals surface area (Å²) in [6.07, 6.45) is -6.00. The predicted molar refractivity (Wildman–Crippen MR) is 180 cm³/mol. The fraction of sp³-hybridized carbons (Fsp3) is 0.483. The average molecular weight is 777 g/mol. The molecule has 3 fully saturated rings. The van der Waals surface area contributed by atoms with Gasteiger partial charge < -0.3 is 47.7 Å². The maximum atomic E-state index is 16.4. The lowest BCUT2D eigenvalue weighted by molar-refractivity contribution is -0.116. The number of anilines is 2. The number of fused-ring (bicyclic) bond motifs is 2. The molecule has 2 amide bonds. The number of halogens is 2. The zero-order chi connectivity index (χ0) is 36.1. The highest BCUT2D eigenvalue weighted by molar-refractivity contribution is 8.07. The van der Waals surface area contributed by atoms with E-state index in [4.69, 9.17) is 46.9 Å². The Kier molecular flexibility index (Phi) is 8.43. The molecule has 0 saturated carbocycles. The number of nitrogens with zero attached hydrogens (tertiary/aromatic N) is 5. The lowest BCUT2D eigenvalue weighted by Crippen LogP contribution is -2.37. The highest BCUT2D eigenvalue weighted by Crippen LogP contribution is 2.55. The van der Waals surface area contributed by atoms with Crippen LogP contribution in [0.2, 0.25) is 0 Å². The molecule has 4 aromatic heterocycles. The third-order valence-corrected chi connectivity index (χ3v) is 12.3. The SMILES string of the molecule is [B]P1(=O)OC[C@H]2O[C@@H](n3cc4c5c(ncnc53)NC(=O)CC4)C(F)[C@H]2OP(O)(=S)OC[C@H]2O[C@@H](n3cc4c5c(ccnc53)NC(=O)CC4)[C@@H](F)C2O1. The number of rotatable bonds is 2. The van der Waals surface area contributed by atoms with E-state index in [9.17, 15) is 19.0 Å². The van der Waals surface area contributed by atoms with Crippen molar-refractivity contribution >= 4 is 79.0 Å². The monoisotopic (exact) mass is 777 g/mol. The summed E-state index contributed by atoms with van der Waals surface area (Å²) in [6.45, 7) is -5.62. The zero-order valence-electron chi connectivity index (χ0n) is 26.7. The number of nitrogens with one attached hydrogen (secondary N) is 2. The van der Waals surface area contributed by atoms with E-state index >= 15 is 8.78 Å². The van der Waals surface area contributed by atoms with Crippen LogP contribution in [0.3, 0.4) is 0 Å². The summed E-state index contributed by atoms with van der Waals surface area (Å²) >= 11 is 5.26. The number of amides is 2. The van der Waals surface area contributed by atoms with E-state index in [1.165, 1.54) is 21.7 Å². The second-order valence-electron chi connectivity index (χ2n) is 13.0. The first-order valence-corrected chi connectivity index (χ1v) is 20.4. The van der Waals surface area contributed by atoms with Crippen LogP contribution in [-0.2, 0) is 66.4 Å². The molecule has 272 valence electrons. The minimum atomic E-state index is -4.62. The van der Waals surface area contributed by atoms with Crippen LogP contribution in [0, 0.1) is 0 Å². The summed E-state index contributed by atoms with van der Waals surface area (Å²) in [5.74, 6) is -0.148. The molecule has 3 N–H and O–H groups in total. The van der Waals surface area contributed by atoms with Crippen molar-refractivity contribution in [3.63, 3.8) is 0 Å². The molecule has 52 heavy (non-hydrogen) atoms. The van der Waals surface area contributed by atoms with Crippen molar-refractivity contribution in [2.24, 2.45) is 0 Å². The number of hydrogen-bond acceptors (Lipinski definition) is 13. The Hall–Kier alpha value is -3.23. The third-order valence-electron chi connectivity index (χ3n) is 9.68. The van der Waals surface area contributed by atoms with Crippen LogP contribution in [0.1, 0.15) is 36.4 Å². The Morgan fingerprint density at radius 1 is 0.846 bits per heavy atom. The van der Waals surface area contributed by atoms with Crippen molar-refractivity contribution in [1.29, 1.82) is 0 Å². The lowest BCUT2D eigenvalue weighted by Gasteiger charge is -2.29. The first-order chi connectivity index (χ1) is 24.9. The van der Waals surface area contributed by atoms with E-state index in [1.807, 2.05) is 0 Å². The molecule has 17 nitrogen and oxygen atoms in total. The van der Waals surface area contributed by atoms with Gasteiger partial charge in [0.05, 0.1) is 24.3 Å².